The molecule has 0 unspecified atom stereocenters. The molecule has 2 aromatic rings. The van der Waals surface area contributed by atoms with Gasteiger partial charge in [-0.05, 0) is 24.1 Å². The van der Waals surface area contributed by atoms with E-state index in [4.69, 9.17) is 4.74 Å². The Hall–Kier alpha value is -1.95. The minimum atomic E-state index is -0.0996. The summed E-state index contributed by atoms with van der Waals surface area (Å²) < 4.78 is 5.13. The van der Waals surface area contributed by atoms with E-state index in [1.54, 1.807) is 7.11 Å². The van der Waals surface area contributed by atoms with E-state index >= 15 is 0 Å². The molecular weight excluding hydrogens is 274 g/mol. The SMILES string of the molecule is CCCc1nnc(NC(=O)Cc2cccc(OC)c2)s1. The Morgan fingerprint density at radius 1 is 1.40 bits per heavy atom. The van der Waals surface area contributed by atoms with Crippen LogP contribution in [0.3, 0.4) is 0 Å². The number of hydrogen-bond acceptors (Lipinski definition) is 5. The highest BCUT2D eigenvalue weighted by atomic mass is 32.1. The molecule has 20 heavy (non-hydrogen) atoms. The summed E-state index contributed by atoms with van der Waals surface area (Å²) in [6.07, 6.45) is 2.20. The summed E-state index contributed by atoms with van der Waals surface area (Å²) in [5.74, 6) is 0.647. The van der Waals surface area contributed by atoms with Gasteiger partial charge in [0.25, 0.3) is 0 Å². The highest BCUT2D eigenvalue weighted by Gasteiger charge is 2.09. The van der Waals surface area contributed by atoms with Crippen molar-refractivity contribution in [1.29, 1.82) is 0 Å². The van der Waals surface area contributed by atoms with Gasteiger partial charge in [0.15, 0.2) is 0 Å². The van der Waals surface area contributed by atoms with Crippen LogP contribution < -0.4 is 10.1 Å². The first-order chi connectivity index (χ1) is 9.71. The molecule has 0 radical (unpaired) electrons. The number of carbonyl (C=O) groups is 1. The summed E-state index contributed by atoms with van der Waals surface area (Å²) in [5.41, 5.74) is 0.903. The number of benzene rings is 1. The van der Waals surface area contributed by atoms with Gasteiger partial charge in [-0.25, -0.2) is 0 Å². The van der Waals surface area contributed by atoms with Crippen molar-refractivity contribution in [2.45, 2.75) is 26.2 Å². The van der Waals surface area contributed by atoms with E-state index in [9.17, 15) is 4.79 Å². The fourth-order valence-electron chi connectivity index (χ4n) is 1.75. The first-order valence-electron chi connectivity index (χ1n) is 6.46. The molecule has 0 spiro atoms. The third-order valence-electron chi connectivity index (χ3n) is 2.68. The van der Waals surface area contributed by atoms with Crippen LogP contribution in [0.4, 0.5) is 5.13 Å². The summed E-state index contributed by atoms with van der Waals surface area (Å²) in [7, 11) is 1.61. The van der Waals surface area contributed by atoms with Gasteiger partial charge in [0.2, 0.25) is 11.0 Å². The summed E-state index contributed by atoms with van der Waals surface area (Å²) in [4.78, 5) is 11.9. The Labute approximate surface area is 122 Å². The van der Waals surface area contributed by atoms with Gasteiger partial charge < -0.3 is 10.1 Å². The van der Waals surface area contributed by atoms with Crippen molar-refractivity contribution in [1.82, 2.24) is 10.2 Å². The molecule has 0 saturated heterocycles. The molecule has 1 aromatic carbocycles. The second-order valence-corrected chi connectivity index (χ2v) is 5.39. The van der Waals surface area contributed by atoms with Gasteiger partial charge in [-0.3, -0.25) is 4.79 Å². The minimum absolute atomic E-state index is 0.0996. The molecular formula is C14H17N3O2S. The van der Waals surface area contributed by atoms with Gasteiger partial charge in [-0.1, -0.05) is 30.4 Å². The zero-order valence-electron chi connectivity index (χ0n) is 11.5. The van der Waals surface area contributed by atoms with Crippen LogP contribution in [0.5, 0.6) is 5.75 Å². The van der Waals surface area contributed by atoms with Crippen molar-refractivity contribution in [3.05, 3.63) is 34.8 Å². The van der Waals surface area contributed by atoms with Crippen molar-refractivity contribution < 1.29 is 9.53 Å². The Balaban J connectivity index is 1.94. The molecule has 0 atom stereocenters. The van der Waals surface area contributed by atoms with E-state index in [0.29, 0.717) is 11.6 Å². The van der Waals surface area contributed by atoms with Gasteiger partial charge in [0.1, 0.15) is 10.8 Å². The summed E-state index contributed by atoms with van der Waals surface area (Å²) in [5, 5.41) is 12.3. The number of hydrogen-bond donors (Lipinski definition) is 1. The van der Waals surface area contributed by atoms with Crippen LogP contribution in [-0.2, 0) is 17.6 Å². The number of nitrogens with one attached hydrogen (secondary N) is 1. The lowest BCUT2D eigenvalue weighted by Gasteiger charge is -2.04. The number of carbonyl (C=O) groups excluding carboxylic acids is 1. The lowest BCUT2D eigenvalue weighted by atomic mass is 10.1. The van der Waals surface area contributed by atoms with Crippen molar-refractivity contribution in [2.24, 2.45) is 0 Å². The number of anilines is 1. The zero-order valence-corrected chi connectivity index (χ0v) is 12.4. The maximum atomic E-state index is 11.9. The molecule has 0 aliphatic heterocycles. The standard InChI is InChI=1S/C14H17N3O2S/c1-3-5-13-16-17-14(20-13)15-12(18)9-10-6-4-7-11(8-10)19-2/h4,6-8H,3,5,9H2,1-2H3,(H,15,17,18). The van der Waals surface area contributed by atoms with Gasteiger partial charge >= 0.3 is 0 Å². The Morgan fingerprint density at radius 2 is 2.25 bits per heavy atom. The van der Waals surface area contributed by atoms with Crippen molar-refractivity contribution >= 4 is 22.4 Å². The topological polar surface area (TPSA) is 64.1 Å². The molecule has 1 amide bonds. The lowest BCUT2D eigenvalue weighted by molar-refractivity contribution is -0.115. The van der Waals surface area contributed by atoms with Crippen LogP contribution in [-0.4, -0.2) is 23.2 Å². The van der Waals surface area contributed by atoms with Gasteiger partial charge in [-0.2, -0.15) is 0 Å². The number of ether oxygens (including phenoxy) is 1. The smallest absolute Gasteiger partial charge is 0.230 e. The van der Waals surface area contributed by atoms with E-state index in [0.717, 1.165) is 29.2 Å². The Morgan fingerprint density at radius 3 is 3.00 bits per heavy atom. The zero-order chi connectivity index (χ0) is 14.4. The van der Waals surface area contributed by atoms with Crippen molar-refractivity contribution in [3.63, 3.8) is 0 Å². The molecule has 106 valence electrons. The van der Waals surface area contributed by atoms with Crippen LogP contribution in [0.15, 0.2) is 24.3 Å². The minimum Gasteiger partial charge on any atom is -0.497 e. The molecule has 1 heterocycles. The largest absolute Gasteiger partial charge is 0.497 e. The summed E-state index contributed by atoms with van der Waals surface area (Å²) >= 11 is 1.43. The molecule has 0 fully saturated rings. The maximum absolute atomic E-state index is 11.9. The van der Waals surface area contributed by atoms with Gasteiger partial charge in [0.05, 0.1) is 13.5 Å². The average Bonchev–Trinajstić information content (AvgIpc) is 2.86. The highest BCUT2D eigenvalue weighted by molar-refractivity contribution is 7.15. The molecule has 1 N–H and O–H groups in total. The normalized spacial score (nSPS) is 10.3. The van der Waals surface area contributed by atoms with Crippen molar-refractivity contribution in [2.75, 3.05) is 12.4 Å². The average molecular weight is 291 g/mol. The first-order valence-corrected chi connectivity index (χ1v) is 7.28. The molecule has 2 rings (SSSR count). The predicted octanol–water partition coefficient (Wildman–Crippen LogP) is 2.68. The van der Waals surface area contributed by atoms with Gasteiger partial charge in [-0.15, -0.1) is 10.2 Å². The van der Waals surface area contributed by atoms with Crippen LogP contribution in [0.25, 0.3) is 0 Å². The molecule has 1 aromatic heterocycles. The molecule has 0 aliphatic carbocycles. The third kappa shape index (κ3) is 4.03. The predicted molar refractivity (Wildman–Crippen MR) is 79.2 cm³/mol. The van der Waals surface area contributed by atoms with Crippen LogP contribution >= 0.6 is 11.3 Å². The van der Waals surface area contributed by atoms with E-state index < -0.39 is 0 Å². The van der Waals surface area contributed by atoms with Crippen LogP contribution in [0, 0.1) is 0 Å². The molecule has 0 aliphatic rings. The maximum Gasteiger partial charge on any atom is 0.230 e. The van der Waals surface area contributed by atoms with E-state index in [1.165, 1.54) is 11.3 Å². The monoisotopic (exact) mass is 291 g/mol. The van der Waals surface area contributed by atoms with Crippen LogP contribution in [0.1, 0.15) is 23.9 Å². The number of aryl methyl sites for hydroxylation is 1. The third-order valence-corrected chi connectivity index (χ3v) is 3.57. The van der Waals surface area contributed by atoms with Gasteiger partial charge in [0, 0.05) is 6.42 Å². The number of amides is 1. The number of rotatable bonds is 6. The molecule has 5 nitrogen and oxygen atoms in total. The lowest BCUT2D eigenvalue weighted by Crippen LogP contribution is -2.14. The Kier molecular flexibility index (Phi) is 5.06. The van der Waals surface area contributed by atoms with E-state index in [2.05, 4.69) is 22.4 Å². The van der Waals surface area contributed by atoms with E-state index in [1.807, 2.05) is 24.3 Å². The van der Waals surface area contributed by atoms with E-state index in [-0.39, 0.29) is 5.91 Å². The fraction of sp³-hybridized carbons (Fsp3) is 0.357. The second kappa shape index (κ2) is 7.00. The number of nitrogens with zero attached hydrogens (tertiary/aromatic N) is 2. The van der Waals surface area contributed by atoms with Crippen LogP contribution in [0.2, 0.25) is 0 Å². The molecule has 0 saturated carbocycles. The fourth-order valence-corrected chi connectivity index (χ4v) is 2.61. The quantitative estimate of drug-likeness (QED) is 0.888. The highest BCUT2D eigenvalue weighted by Crippen LogP contribution is 2.17. The summed E-state index contributed by atoms with van der Waals surface area (Å²) in [6.45, 7) is 2.09. The van der Waals surface area contributed by atoms with Crippen molar-refractivity contribution in [3.8, 4) is 5.75 Å². The number of aromatic nitrogens is 2. The molecule has 0 bridgehead atoms. The Bertz CT molecular complexity index is 583. The molecule has 6 heteroatoms. The summed E-state index contributed by atoms with van der Waals surface area (Å²) in [6, 6.07) is 7.46. The number of methoxy groups -OCH3 is 1. The first kappa shape index (κ1) is 14.5. The second-order valence-electron chi connectivity index (χ2n) is 4.33.